The lowest BCUT2D eigenvalue weighted by atomic mass is 10.1. The van der Waals surface area contributed by atoms with Crippen LogP contribution in [0.1, 0.15) is 22.8 Å². The lowest BCUT2D eigenvalue weighted by Crippen LogP contribution is -2.26. The van der Waals surface area contributed by atoms with Gasteiger partial charge in [-0.25, -0.2) is 4.98 Å². The third kappa shape index (κ3) is 4.05. The van der Waals surface area contributed by atoms with E-state index in [1.165, 1.54) is 10.9 Å². The summed E-state index contributed by atoms with van der Waals surface area (Å²) in [5.41, 5.74) is 12.8. The van der Waals surface area contributed by atoms with Crippen molar-refractivity contribution in [2.24, 2.45) is 11.5 Å². The van der Waals surface area contributed by atoms with Gasteiger partial charge in [0.1, 0.15) is 17.7 Å². The Morgan fingerprint density at radius 2 is 2.04 bits per heavy atom. The average molecular weight is 377 g/mol. The maximum Gasteiger partial charge on any atom is 0.252 e. The third-order valence-electron chi connectivity index (χ3n) is 3.90. The molecule has 1 atom stereocenters. The summed E-state index contributed by atoms with van der Waals surface area (Å²) >= 11 is 0. The Balaban J connectivity index is 2.00. The maximum atomic E-state index is 11.9. The van der Waals surface area contributed by atoms with E-state index < -0.39 is 5.91 Å². The van der Waals surface area contributed by atoms with Gasteiger partial charge in [0.2, 0.25) is 0 Å². The van der Waals surface area contributed by atoms with Gasteiger partial charge in [0, 0.05) is 18.3 Å². The van der Waals surface area contributed by atoms with Gasteiger partial charge in [0.05, 0.1) is 29.2 Å². The molecule has 0 aliphatic carbocycles. The smallest absolute Gasteiger partial charge is 0.252 e. The van der Waals surface area contributed by atoms with Crippen LogP contribution in [0, 0.1) is 11.3 Å². The van der Waals surface area contributed by atoms with Crippen LogP contribution in [-0.2, 0) is 0 Å². The van der Waals surface area contributed by atoms with Crippen molar-refractivity contribution in [3.63, 3.8) is 0 Å². The van der Waals surface area contributed by atoms with E-state index in [-0.39, 0.29) is 23.0 Å². The Hall–Kier alpha value is -3.97. The molecule has 3 aromatic rings. The van der Waals surface area contributed by atoms with Crippen LogP contribution < -0.4 is 22.1 Å². The molecule has 0 aliphatic heterocycles. The minimum atomic E-state index is -0.699. The van der Waals surface area contributed by atoms with Gasteiger partial charge in [-0.3, -0.25) is 4.79 Å². The fourth-order valence-corrected chi connectivity index (χ4v) is 2.48. The maximum absolute atomic E-state index is 11.9. The van der Waals surface area contributed by atoms with E-state index in [0.29, 0.717) is 18.1 Å². The van der Waals surface area contributed by atoms with Crippen LogP contribution in [0.4, 0.5) is 17.3 Å². The van der Waals surface area contributed by atoms with Crippen LogP contribution in [0.3, 0.4) is 0 Å². The van der Waals surface area contributed by atoms with E-state index >= 15 is 0 Å². The van der Waals surface area contributed by atoms with Crippen molar-refractivity contribution < 1.29 is 4.79 Å². The summed E-state index contributed by atoms with van der Waals surface area (Å²) in [4.78, 5) is 17.8. The van der Waals surface area contributed by atoms with Gasteiger partial charge in [-0.05, 0) is 31.2 Å². The molecule has 0 saturated heterocycles. The molecule has 0 bridgehead atoms. The van der Waals surface area contributed by atoms with Crippen molar-refractivity contribution in [1.29, 1.82) is 5.26 Å². The predicted octanol–water partition coefficient (Wildman–Crippen LogP) is 1.14. The van der Waals surface area contributed by atoms with Crippen molar-refractivity contribution in [1.82, 2.24) is 20.0 Å². The summed E-state index contributed by atoms with van der Waals surface area (Å²) in [6, 6.07) is 10.5. The van der Waals surface area contributed by atoms with Crippen LogP contribution >= 0.6 is 0 Å². The molecule has 0 saturated carbocycles. The molecule has 1 unspecified atom stereocenters. The van der Waals surface area contributed by atoms with Crippen molar-refractivity contribution in [2.75, 3.05) is 17.2 Å². The van der Waals surface area contributed by atoms with E-state index in [4.69, 9.17) is 11.5 Å². The number of anilines is 3. The zero-order valence-electron chi connectivity index (χ0n) is 15.1. The molecule has 1 amide bonds. The minimum Gasteiger partial charge on any atom is -0.365 e. The summed E-state index contributed by atoms with van der Waals surface area (Å²) in [7, 11) is 0. The molecule has 2 aromatic heterocycles. The Labute approximate surface area is 161 Å². The number of nitrogens with one attached hydrogen (secondary N) is 2. The number of aromatic nitrogens is 4. The number of benzene rings is 1. The van der Waals surface area contributed by atoms with Gasteiger partial charge in [-0.2, -0.15) is 20.3 Å². The van der Waals surface area contributed by atoms with Crippen molar-refractivity contribution in [2.45, 2.75) is 13.0 Å². The molecular weight excluding hydrogens is 358 g/mol. The molecule has 28 heavy (non-hydrogen) atoms. The number of pyridine rings is 1. The zero-order chi connectivity index (χ0) is 20.1. The van der Waals surface area contributed by atoms with Crippen LogP contribution in [-0.4, -0.2) is 38.5 Å². The third-order valence-corrected chi connectivity index (χ3v) is 3.90. The van der Waals surface area contributed by atoms with E-state index in [1.54, 1.807) is 24.5 Å². The molecule has 0 radical (unpaired) electrons. The van der Waals surface area contributed by atoms with Crippen LogP contribution in [0.15, 0.2) is 42.7 Å². The second-order valence-corrected chi connectivity index (χ2v) is 6.03. The van der Waals surface area contributed by atoms with Gasteiger partial charge >= 0.3 is 0 Å². The highest BCUT2D eigenvalue weighted by atomic mass is 16.1. The summed E-state index contributed by atoms with van der Waals surface area (Å²) in [6.07, 6.45) is 3.15. The highest BCUT2D eigenvalue weighted by molar-refractivity contribution is 5.99. The second kappa shape index (κ2) is 8.15. The second-order valence-electron chi connectivity index (χ2n) is 6.03. The number of nitrogens with two attached hydrogens (primary N) is 2. The molecule has 3 rings (SSSR count). The largest absolute Gasteiger partial charge is 0.365 e. The predicted molar refractivity (Wildman–Crippen MR) is 104 cm³/mol. The molecule has 2 heterocycles. The molecule has 0 fully saturated rings. The number of amides is 1. The number of carbonyl (C=O) groups is 1. The Morgan fingerprint density at radius 1 is 1.29 bits per heavy atom. The summed E-state index contributed by atoms with van der Waals surface area (Å²) < 4.78 is 0. The fraction of sp³-hybridized carbons (Fsp3) is 0.167. The first-order valence-electron chi connectivity index (χ1n) is 8.47. The monoisotopic (exact) mass is 377 g/mol. The number of carbonyl (C=O) groups excluding carboxylic acids is 1. The molecule has 10 nitrogen and oxygen atoms in total. The van der Waals surface area contributed by atoms with Crippen LogP contribution in [0.25, 0.3) is 5.69 Å². The number of hydrogen-bond acceptors (Lipinski definition) is 8. The van der Waals surface area contributed by atoms with Crippen molar-refractivity contribution >= 4 is 23.2 Å². The molecule has 10 heteroatoms. The first-order chi connectivity index (χ1) is 13.5. The fourth-order valence-electron chi connectivity index (χ4n) is 2.48. The Bertz CT molecular complexity index is 1020. The van der Waals surface area contributed by atoms with Gasteiger partial charge < -0.3 is 22.1 Å². The lowest BCUT2D eigenvalue weighted by molar-refractivity contribution is 0.100. The summed E-state index contributed by atoms with van der Waals surface area (Å²) in [5, 5.41) is 23.7. The van der Waals surface area contributed by atoms with Gasteiger partial charge in [0.25, 0.3) is 5.91 Å². The lowest BCUT2D eigenvalue weighted by Gasteiger charge is -2.17. The number of nitriles is 1. The Kier molecular flexibility index (Phi) is 5.48. The SMILES string of the molecule is CC(CN)Nc1nc(Nc2cccc(-n3nccn3)c2)c(C(N)=O)cc1C#N. The topological polar surface area (TPSA) is 161 Å². The highest BCUT2D eigenvalue weighted by Crippen LogP contribution is 2.25. The first kappa shape index (κ1) is 18.8. The number of rotatable bonds is 7. The zero-order valence-corrected chi connectivity index (χ0v) is 15.1. The van der Waals surface area contributed by atoms with Crippen LogP contribution in [0.5, 0.6) is 0 Å². The highest BCUT2D eigenvalue weighted by Gasteiger charge is 2.17. The van der Waals surface area contributed by atoms with E-state index in [9.17, 15) is 10.1 Å². The van der Waals surface area contributed by atoms with E-state index in [2.05, 4.69) is 25.8 Å². The first-order valence-corrected chi connectivity index (χ1v) is 8.47. The quantitative estimate of drug-likeness (QED) is 0.476. The molecule has 142 valence electrons. The number of hydrogen-bond donors (Lipinski definition) is 4. The summed E-state index contributed by atoms with van der Waals surface area (Å²) in [5.74, 6) is -0.156. The van der Waals surface area contributed by atoms with Crippen molar-refractivity contribution in [3.05, 3.63) is 53.9 Å². The molecular formula is C18H19N9O. The van der Waals surface area contributed by atoms with Crippen LogP contribution in [0.2, 0.25) is 0 Å². The Morgan fingerprint density at radius 3 is 2.68 bits per heavy atom. The number of primary amides is 1. The average Bonchev–Trinajstić information content (AvgIpc) is 3.23. The minimum absolute atomic E-state index is 0.102. The van der Waals surface area contributed by atoms with E-state index in [0.717, 1.165) is 5.69 Å². The van der Waals surface area contributed by atoms with Gasteiger partial charge in [-0.15, -0.1) is 0 Å². The molecule has 0 spiro atoms. The van der Waals surface area contributed by atoms with Gasteiger partial charge in [0.15, 0.2) is 0 Å². The van der Waals surface area contributed by atoms with Gasteiger partial charge in [-0.1, -0.05) is 6.07 Å². The van der Waals surface area contributed by atoms with Crippen molar-refractivity contribution in [3.8, 4) is 11.8 Å². The summed E-state index contributed by atoms with van der Waals surface area (Å²) in [6.45, 7) is 2.21. The molecule has 1 aromatic carbocycles. The molecule has 0 aliphatic rings. The standard InChI is InChI=1S/C18H19N9O/c1-11(9-19)24-17-12(10-20)7-15(16(21)28)18(26-17)25-13-3-2-4-14(8-13)27-22-5-6-23-27/h2-8,11H,9,19H2,1H3,(H2,21,28)(H2,24,25,26). The number of nitrogens with zero attached hydrogens (tertiary/aromatic N) is 5. The van der Waals surface area contributed by atoms with E-state index in [1.807, 2.05) is 25.1 Å². The molecule has 6 N–H and O–H groups in total. The normalized spacial score (nSPS) is 11.5.